The first-order chi connectivity index (χ1) is 25.3. The fourth-order valence-electron chi connectivity index (χ4n) is 7.07. The Morgan fingerprint density at radius 1 is 0.885 bits per heavy atom. The van der Waals surface area contributed by atoms with Crippen LogP contribution in [0.2, 0.25) is 10.0 Å². The number of piperidine rings is 1. The highest BCUT2D eigenvalue weighted by atomic mass is 35.5. The average Bonchev–Trinajstić information content (AvgIpc) is 3.68. The van der Waals surface area contributed by atoms with Crippen molar-refractivity contribution < 1.29 is 24.1 Å². The molecule has 2 aliphatic heterocycles. The van der Waals surface area contributed by atoms with Crippen molar-refractivity contribution in [1.82, 2.24) is 14.8 Å². The van der Waals surface area contributed by atoms with Crippen LogP contribution < -0.4 is 19.5 Å². The van der Waals surface area contributed by atoms with E-state index in [0.717, 1.165) is 64.9 Å². The number of pyridine rings is 1. The number of ether oxygens (including phenoxy) is 3. The largest absolute Gasteiger partial charge is 0.492 e. The first-order valence-corrected chi connectivity index (χ1v) is 19.0. The van der Waals surface area contributed by atoms with E-state index in [1.165, 1.54) is 25.9 Å². The molecule has 9 nitrogen and oxygen atoms in total. The second-order valence-electron chi connectivity index (χ2n) is 13.6. The molecule has 2 N–H and O–H groups in total. The van der Waals surface area contributed by atoms with Gasteiger partial charge in [0.25, 0.3) is 0 Å². The second-order valence-corrected chi connectivity index (χ2v) is 14.4. The van der Waals surface area contributed by atoms with Crippen LogP contribution >= 0.6 is 23.2 Å². The van der Waals surface area contributed by atoms with Crippen molar-refractivity contribution in [2.75, 3.05) is 45.2 Å². The van der Waals surface area contributed by atoms with Crippen LogP contribution in [-0.4, -0.2) is 71.7 Å². The fraction of sp³-hybridized carbons (Fsp3) is 0.415. The third-order valence-corrected chi connectivity index (χ3v) is 10.7. The maximum atomic E-state index is 12.1. The van der Waals surface area contributed by atoms with Crippen molar-refractivity contribution >= 4 is 34.9 Å². The Kier molecular flexibility index (Phi) is 13.2. The topological polar surface area (TPSA) is 96.4 Å². The van der Waals surface area contributed by atoms with E-state index in [1.807, 2.05) is 73.5 Å². The van der Waals surface area contributed by atoms with Gasteiger partial charge in [0.2, 0.25) is 0 Å². The van der Waals surface area contributed by atoms with Gasteiger partial charge >= 0.3 is 5.97 Å². The van der Waals surface area contributed by atoms with Crippen molar-refractivity contribution in [2.45, 2.75) is 71.2 Å². The van der Waals surface area contributed by atoms with Crippen LogP contribution in [-0.2, 0) is 24.6 Å². The third-order valence-electron chi connectivity index (χ3n) is 9.98. The monoisotopic (exact) mass is 746 g/mol. The molecular formula is C41H48Cl2N4O5. The van der Waals surface area contributed by atoms with Gasteiger partial charge in [0.15, 0.2) is 0 Å². The lowest BCUT2D eigenvalue weighted by Crippen LogP contribution is -2.44. The number of hydrogen-bond donors (Lipinski definition) is 2. The van der Waals surface area contributed by atoms with Gasteiger partial charge in [-0.1, -0.05) is 53.9 Å². The van der Waals surface area contributed by atoms with Gasteiger partial charge < -0.3 is 29.5 Å². The number of carboxylic acids is 1. The van der Waals surface area contributed by atoms with Crippen molar-refractivity contribution in [3.8, 4) is 28.4 Å². The minimum atomic E-state index is -0.806. The third kappa shape index (κ3) is 9.50. The number of benzene rings is 3. The lowest BCUT2D eigenvalue weighted by Gasteiger charge is -2.33. The summed E-state index contributed by atoms with van der Waals surface area (Å²) in [5.74, 6) is 1.21. The Hall–Kier alpha value is -4.02. The SMILES string of the molecule is CNc1cncc(COc2cc(COc3cccc(-c4cccc(OCCCN5CCCC5)c4Cl)c3C)c(Cl)cc2CN2CCCC[C@H]2C(=O)O)c1. The summed E-state index contributed by atoms with van der Waals surface area (Å²) < 4.78 is 19.0. The van der Waals surface area contributed by atoms with Crippen LogP contribution in [0.15, 0.2) is 67.0 Å². The number of nitrogens with one attached hydrogen (secondary N) is 1. The summed E-state index contributed by atoms with van der Waals surface area (Å²) in [6.45, 7) is 7.62. The highest BCUT2D eigenvalue weighted by Crippen LogP contribution is 2.40. The van der Waals surface area contributed by atoms with E-state index < -0.39 is 12.0 Å². The minimum absolute atomic E-state index is 0.200. The highest BCUT2D eigenvalue weighted by Gasteiger charge is 2.29. The Morgan fingerprint density at radius 2 is 1.63 bits per heavy atom. The van der Waals surface area contributed by atoms with E-state index in [-0.39, 0.29) is 13.2 Å². The first-order valence-electron chi connectivity index (χ1n) is 18.2. The maximum absolute atomic E-state index is 12.1. The minimum Gasteiger partial charge on any atom is -0.492 e. The van der Waals surface area contributed by atoms with Gasteiger partial charge in [0.05, 0.1) is 17.3 Å². The molecule has 276 valence electrons. The van der Waals surface area contributed by atoms with Crippen LogP contribution in [0.1, 0.15) is 60.8 Å². The number of halogens is 2. The molecule has 0 amide bonds. The molecule has 0 spiro atoms. The summed E-state index contributed by atoms with van der Waals surface area (Å²) in [5, 5.41) is 14.1. The fourth-order valence-corrected chi connectivity index (χ4v) is 7.60. The van der Waals surface area contributed by atoms with Gasteiger partial charge in [-0.15, -0.1) is 0 Å². The standard InChI is InChI=1S/C41H48Cl2N4O5/c1-28-33(34-11-8-14-38(40(34)43)50-19-9-17-46-15-5-6-16-46)10-7-13-37(28)52-27-31-22-39(51-26-29-20-32(44-2)24-45-23-29)30(21-35(31)42)25-47-18-4-3-12-36(47)41(48)49/h7-8,10-11,13-14,20-24,36,44H,3-6,9,12,15-19,25-27H2,1-2H3,(H,48,49)/t36-/m0/s1. The van der Waals surface area contributed by atoms with Gasteiger partial charge in [-0.3, -0.25) is 14.7 Å². The van der Waals surface area contributed by atoms with E-state index in [2.05, 4.69) is 15.2 Å². The molecule has 1 aromatic heterocycles. The normalized spacial score (nSPS) is 16.5. The number of anilines is 1. The number of carbonyl (C=O) groups is 1. The molecule has 4 aromatic rings. The number of hydrogen-bond acceptors (Lipinski definition) is 8. The van der Waals surface area contributed by atoms with Crippen molar-refractivity contribution in [1.29, 1.82) is 0 Å². The summed E-state index contributed by atoms with van der Waals surface area (Å²) in [5.41, 5.74) is 6.15. The molecule has 2 saturated heterocycles. The molecule has 2 aliphatic rings. The molecule has 52 heavy (non-hydrogen) atoms. The molecule has 6 rings (SSSR count). The first kappa shape index (κ1) is 37.7. The lowest BCUT2D eigenvalue weighted by atomic mass is 9.99. The van der Waals surface area contributed by atoms with Gasteiger partial charge in [-0.05, 0) is 100 Å². The van der Waals surface area contributed by atoms with Gasteiger partial charge in [0.1, 0.15) is 36.5 Å². The maximum Gasteiger partial charge on any atom is 0.320 e. The summed E-state index contributed by atoms with van der Waals surface area (Å²) >= 11 is 13.8. The van der Waals surface area contributed by atoms with E-state index in [0.29, 0.717) is 53.4 Å². The zero-order chi connectivity index (χ0) is 36.5. The Labute approximate surface area is 316 Å². The zero-order valence-corrected chi connectivity index (χ0v) is 31.5. The molecule has 11 heteroatoms. The van der Waals surface area contributed by atoms with E-state index in [9.17, 15) is 9.90 Å². The zero-order valence-electron chi connectivity index (χ0n) is 30.0. The Bertz CT molecular complexity index is 1830. The van der Waals surface area contributed by atoms with Crippen LogP contribution in [0.3, 0.4) is 0 Å². The quantitative estimate of drug-likeness (QED) is 0.109. The summed E-state index contributed by atoms with van der Waals surface area (Å²) in [4.78, 5) is 20.9. The number of carboxylic acid groups (broad SMARTS) is 1. The predicted molar refractivity (Wildman–Crippen MR) is 207 cm³/mol. The molecule has 0 unspecified atom stereocenters. The van der Waals surface area contributed by atoms with Crippen LogP contribution in [0.25, 0.3) is 11.1 Å². The average molecular weight is 748 g/mol. The van der Waals surface area contributed by atoms with E-state index in [4.69, 9.17) is 37.4 Å². The van der Waals surface area contributed by atoms with Crippen molar-refractivity contribution in [3.05, 3.63) is 99.3 Å². The van der Waals surface area contributed by atoms with Gasteiger partial charge in [0, 0.05) is 59.8 Å². The molecule has 2 fully saturated rings. The van der Waals surface area contributed by atoms with E-state index >= 15 is 0 Å². The number of aromatic nitrogens is 1. The number of aliphatic carboxylic acids is 1. The van der Waals surface area contributed by atoms with Crippen LogP contribution in [0.5, 0.6) is 17.2 Å². The summed E-state index contributed by atoms with van der Waals surface area (Å²) in [6, 6.07) is 17.1. The molecule has 0 aliphatic carbocycles. The van der Waals surface area contributed by atoms with Crippen molar-refractivity contribution in [3.63, 3.8) is 0 Å². The molecule has 3 aromatic carbocycles. The summed E-state index contributed by atoms with van der Waals surface area (Å²) in [6.07, 6.45) is 9.51. The molecule has 1 atom stereocenters. The molecular weight excluding hydrogens is 699 g/mol. The van der Waals surface area contributed by atoms with Gasteiger partial charge in [-0.25, -0.2) is 0 Å². The van der Waals surface area contributed by atoms with Crippen LogP contribution in [0.4, 0.5) is 5.69 Å². The summed E-state index contributed by atoms with van der Waals surface area (Å²) in [7, 11) is 1.85. The number of rotatable bonds is 16. The molecule has 0 saturated carbocycles. The van der Waals surface area contributed by atoms with Crippen molar-refractivity contribution in [2.24, 2.45) is 0 Å². The molecule has 0 bridgehead atoms. The number of likely N-dealkylation sites (tertiary alicyclic amines) is 2. The smallest absolute Gasteiger partial charge is 0.320 e. The predicted octanol–water partition coefficient (Wildman–Crippen LogP) is 8.87. The molecule has 3 heterocycles. The second kappa shape index (κ2) is 18.1. The Morgan fingerprint density at radius 3 is 2.42 bits per heavy atom. The van der Waals surface area contributed by atoms with Crippen LogP contribution in [0, 0.1) is 6.92 Å². The molecule has 0 radical (unpaired) electrons. The Balaban J connectivity index is 1.19. The van der Waals surface area contributed by atoms with Gasteiger partial charge in [-0.2, -0.15) is 0 Å². The highest BCUT2D eigenvalue weighted by molar-refractivity contribution is 6.35. The number of nitrogens with zero attached hydrogens (tertiary/aromatic N) is 3. The lowest BCUT2D eigenvalue weighted by molar-refractivity contribution is -0.144. The van der Waals surface area contributed by atoms with E-state index in [1.54, 1.807) is 12.4 Å².